The molecule has 0 bridgehead atoms. The second-order valence-electron chi connectivity index (χ2n) is 5.16. The third kappa shape index (κ3) is 4.01. The van der Waals surface area contributed by atoms with E-state index in [1.165, 1.54) is 11.3 Å². The van der Waals surface area contributed by atoms with Gasteiger partial charge in [-0.25, -0.2) is 0 Å². The smallest absolute Gasteiger partial charge is 0.261 e. The molecule has 1 amide bonds. The van der Waals surface area contributed by atoms with Crippen LogP contribution in [0.3, 0.4) is 0 Å². The highest BCUT2D eigenvalue weighted by Gasteiger charge is 2.13. The summed E-state index contributed by atoms with van der Waals surface area (Å²) >= 11 is 7.34. The minimum atomic E-state index is -0.0205. The number of carbonyl (C=O) groups is 1. The summed E-state index contributed by atoms with van der Waals surface area (Å²) in [4.78, 5) is 13.2. The highest BCUT2D eigenvalue weighted by Crippen LogP contribution is 2.28. The van der Waals surface area contributed by atoms with Crippen molar-refractivity contribution < 1.29 is 4.79 Å². The molecular weight excluding hydrogens is 326 g/mol. The summed E-state index contributed by atoms with van der Waals surface area (Å²) in [5.74, 6) is -0.0205. The lowest BCUT2D eigenvalue weighted by Crippen LogP contribution is -2.25. The van der Waals surface area contributed by atoms with Crippen molar-refractivity contribution >= 4 is 28.8 Å². The predicted octanol–water partition coefficient (Wildman–Crippen LogP) is 5.04. The molecule has 0 aliphatic heterocycles. The van der Waals surface area contributed by atoms with Crippen molar-refractivity contribution in [2.24, 2.45) is 0 Å². The van der Waals surface area contributed by atoms with E-state index < -0.39 is 0 Å². The van der Waals surface area contributed by atoms with Gasteiger partial charge in [0.2, 0.25) is 0 Å². The number of hydrogen-bond acceptors (Lipinski definition) is 2. The Balaban J connectivity index is 1.63. The minimum Gasteiger partial charge on any atom is -0.351 e. The van der Waals surface area contributed by atoms with E-state index in [4.69, 9.17) is 11.6 Å². The summed E-state index contributed by atoms with van der Waals surface area (Å²) < 4.78 is 0. The first kappa shape index (κ1) is 15.8. The Morgan fingerprint density at radius 3 is 2.48 bits per heavy atom. The number of rotatable bonds is 5. The van der Waals surface area contributed by atoms with Crippen LogP contribution in [0.1, 0.15) is 15.2 Å². The number of halogens is 1. The van der Waals surface area contributed by atoms with Crippen molar-refractivity contribution in [1.82, 2.24) is 5.32 Å². The summed E-state index contributed by atoms with van der Waals surface area (Å²) in [6.45, 7) is 0.604. The number of nitrogens with one attached hydrogen (secondary N) is 1. The molecule has 0 spiro atoms. The van der Waals surface area contributed by atoms with E-state index in [0.717, 1.165) is 33.0 Å². The highest BCUT2D eigenvalue weighted by atomic mass is 35.5. The maximum absolute atomic E-state index is 12.4. The molecule has 0 aliphatic rings. The Hall–Kier alpha value is -2.10. The zero-order valence-corrected chi connectivity index (χ0v) is 14.0. The van der Waals surface area contributed by atoms with E-state index in [1.807, 2.05) is 66.0 Å². The first-order chi connectivity index (χ1) is 11.2. The van der Waals surface area contributed by atoms with Gasteiger partial charge in [0.1, 0.15) is 0 Å². The number of benzene rings is 2. The lowest BCUT2D eigenvalue weighted by atomic mass is 10.1. The van der Waals surface area contributed by atoms with E-state index in [0.29, 0.717) is 6.54 Å². The number of thiophene rings is 1. The van der Waals surface area contributed by atoms with Crippen molar-refractivity contribution in [1.29, 1.82) is 0 Å². The third-order valence-electron chi connectivity index (χ3n) is 3.57. The van der Waals surface area contributed by atoms with Crippen molar-refractivity contribution in [3.8, 4) is 11.1 Å². The quantitative estimate of drug-likeness (QED) is 0.692. The molecule has 0 fully saturated rings. The summed E-state index contributed by atoms with van der Waals surface area (Å²) in [7, 11) is 0. The molecule has 1 heterocycles. The fourth-order valence-electron chi connectivity index (χ4n) is 2.38. The Kier molecular flexibility index (Phi) is 5.11. The van der Waals surface area contributed by atoms with Crippen molar-refractivity contribution in [3.63, 3.8) is 0 Å². The molecule has 2 aromatic carbocycles. The second-order valence-corrected chi connectivity index (χ2v) is 6.51. The van der Waals surface area contributed by atoms with Gasteiger partial charge >= 0.3 is 0 Å². The van der Waals surface area contributed by atoms with E-state index in [1.54, 1.807) is 0 Å². The summed E-state index contributed by atoms with van der Waals surface area (Å²) in [5.41, 5.74) is 3.21. The van der Waals surface area contributed by atoms with Crippen LogP contribution in [0, 0.1) is 0 Å². The van der Waals surface area contributed by atoms with Gasteiger partial charge in [-0.1, -0.05) is 54.1 Å². The molecule has 0 saturated carbocycles. The van der Waals surface area contributed by atoms with Crippen LogP contribution in [-0.2, 0) is 6.42 Å². The molecule has 1 N–H and O–H groups in total. The lowest BCUT2D eigenvalue weighted by Gasteiger charge is -2.07. The van der Waals surface area contributed by atoms with Gasteiger partial charge in [-0.05, 0) is 41.1 Å². The van der Waals surface area contributed by atoms with E-state index in [2.05, 4.69) is 5.32 Å². The number of hydrogen-bond donors (Lipinski definition) is 1. The van der Waals surface area contributed by atoms with Gasteiger partial charge in [0.05, 0.1) is 4.88 Å². The summed E-state index contributed by atoms with van der Waals surface area (Å²) in [6.07, 6.45) is 0.787. The zero-order valence-electron chi connectivity index (χ0n) is 12.5. The molecule has 0 unspecified atom stereocenters. The Bertz CT molecular complexity index is 781. The average Bonchev–Trinajstić information content (AvgIpc) is 3.07. The topological polar surface area (TPSA) is 29.1 Å². The minimum absolute atomic E-state index is 0.0205. The molecule has 1 aromatic heterocycles. The van der Waals surface area contributed by atoms with E-state index in [9.17, 15) is 4.79 Å². The molecule has 23 heavy (non-hydrogen) atoms. The Morgan fingerprint density at radius 1 is 1.00 bits per heavy atom. The van der Waals surface area contributed by atoms with Gasteiger partial charge in [0.15, 0.2) is 0 Å². The number of carbonyl (C=O) groups excluding carboxylic acids is 1. The largest absolute Gasteiger partial charge is 0.351 e. The van der Waals surface area contributed by atoms with E-state index in [-0.39, 0.29) is 5.91 Å². The third-order valence-corrected chi connectivity index (χ3v) is 4.73. The molecule has 3 rings (SSSR count). The predicted molar refractivity (Wildman–Crippen MR) is 97.2 cm³/mol. The maximum Gasteiger partial charge on any atom is 0.261 e. The van der Waals surface area contributed by atoms with E-state index >= 15 is 0 Å². The van der Waals surface area contributed by atoms with Crippen LogP contribution < -0.4 is 5.32 Å². The van der Waals surface area contributed by atoms with Crippen LogP contribution in [0.4, 0.5) is 0 Å². The monoisotopic (exact) mass is 341 g/mol. The van der Waals surface area contributed by atoms with Gasteiger partial charge in [-0.3, -0.25) is 4.79 Å². The standard InChI is InChI=1S/C19H16ClNOS/c20-16-8-6-14(7-9-16)10-12-21-19(22)18-17(11-13-23-18)15-4-2-1-3-5-15/h1-9,11,13H,10,12H2,(H,21,22). The Morgan fingerprint density at radius 2 is 1.74 bits per heavy atom. The summed E-state index contributed by atoms with van der Waals surface area (Å²) in [5, 5.41) is 5.68. The number of amides is 1. The molecular formula is C19H16ClNOS. The van der Waals surface area contributed by atoms with Gasteiger partial charge < -0.3 is 5.32 Å². The average molecular weight is 342 g/mol. The van der Waals surface area contributed by atoms with Crippen LogP contribution in [0.2, 0.25) is 5.02 Å². The highest BCUT2D eigenvalue weighted by molar-refractivity contribution is 7.12. The molecule has 4 heteroatoms. The molecule has 2 nitrogen and oxygen atoms in total. The molecule has 3 aromatic rings. The molecule has 0 aliphatic carbocycles. The summed E-state index contributed by atoms with van der Waals surface area (Å²) in [6, 6.07) is 19.7. The molecule has 0 atom stereocenters. The van der Waals surface area contributed by atoms with Crippen LogP contribution in [0.15, 0.2) is 66.0 Å². The van der Waals surface area contributed by atoms with Gasteiger partial charge in [-0.15, -0.1) is 11.3 Å². The van der Waals surface area contributed by atoms with Gasteiger partial charge in [0, 0.05) is 17.1 Å². The SMILES string of the molecule is O=C(NCCc1ccc(Cl)cc1)c1sccc1-c1ccccc1. The van der Waals surface area contributed by atoms with Crippen molar-refractivity contribution in [3.05, 3.63) is 81.5 Å². The second kappa shape index (κ2) is 7.44. The normalized spacial score (nSPS) is 10.5. The van der Waals surface area contributed by atoms with Crippen LogP contribution >= 0.6 is 22.9 Å². The van der Waals surface area contributed by atoms with Crippen molar-refractivity contribution in [2.45, 2.75) is 6.42 Å². The first-order valence-electron chi connectivity index (χ1n) is 7.39. The van der Waals surface area contributed by atoms with Gasteiger partial charge in [0.25, 0.3) is 5.91 Å². The van der Waals surface area contributed by atoms with Gasteiger partial charge in [-0.2, -0.15) is 0 Å². The van der Waals surface area contributed by atoms with Crippen LogP contribution in [0.25, 0.3) is 11.1 Å². The van der Waals surface area contributed by atoms with Crippen molar-refractivity contribution in [2.75, 3.05) is 6.54 Å². The van der Waals surface area contributed by atoms with Crippen LogP contribution in [-0.4, -0.2) is 12.5 Å². The molecule has 116 valence electrons. The van der Waals surface area contributed by atoms with Crippen LogP contribution in [0.5, 0.6) is 0 Å². The molecule has 0 saturated heterocycles. The zero-order chi connectivity index (χ0) is 16.1. The Labute approximate surface area is 144 Å². The fraction of sp³-hybridized carbons (Fsp3) is 0.105. The maximum atomic E-state index is 12.4. The lowest BCUT2D eigenvalue weighted by molar-refractivity contribution is 0.0959. The first-order valence-corrected chi connectivity index (χ1v) is 8.65. The molecule has 0 radical (unpaired) electrons. The fourth-order valence-corrected chi connectivity index (χ4v) is 3.34.